The summed E-state index contributed by atoms with van der Waals surface area (Å²) in [6.45, 7) is 9.31. The van der Waals surface area contributed by atoms with Crippen LogP contribution in [0.5, 0.6) is 0 Å². The first-order valence-corrected chi connectivity index (χ1v) is 7.66. The number of hydrogen-bond donors (Lipinski definition) is 1. The van der Waals surface area contributed by atoms with E-state index in [4.69, 9.17) is 0 Å². The summed E-state index contributed by atoms with van der Waals surface area (Å²) in [4.78, 5) is 2.99. The molecule has 96 valence electrons. The molecule has 1 N–H and O–H groups in total. The lowest BCUT2D eigenvalue weighted by Gasteiger charge is -2.21. The van der Waals surface area contributed by atoms with Crippen molar-refractivity contribution in [3.63, 3.8) is 0 Å². The highest BCUT2D eigenvalue weighted by Gasteiger charge is 2.31. The van der Waals surface area contributed by atoms with Crippen molar-refractivity contribution in [2.75, 3.05) is 0 Å². The van der Waals surface area contributed by atoms with Crippen LogP contribution in [-0.4, -0.2) is 6.04 Å². The number of nitrogens with one attached hydrogen (secondary N) is 1. The molecule has 1 aromatic heterocycles. The Hall–Kier alpha value is -0.340. The third-order valence-corrected chi connectivity index (χ3v) is 5.32. The van der Waals surface area contributed by atoms with Crippen LogP contribution < -0.4 is 5.32 Å². The summed E-state index contributed by atoms with van der Waals surface area (Å²) < 4.78 is 0. The molecule has 1 saturated carbocycles. The molecule has 0 amide bonds. The van der Waals surface area contributed by atoms with Gasteiger partial charge < -0.3 is 5.32 Å². The highest BCUT2D eigenvalue weighted by molar-refractivity contribution is 7.12. The van der Waals surface area contributed by atoms with E-state index >= 15 is 0 Å². The molecule has 1 fully saturated rings. The van der Waals surface area contributed by atoms with Crippen molar-refractivity contribution in [3.05, 3.63) is 21.9 Å². The molecule has 0 radical (unpaired) electrons. The average molecular weight is 251 g/mol. The first-order chi connectivity index (χ1) is 8.00. The van der Waals surface area contributed by atoms with Crippen molar-refractivity contribution < 1.29 is 0 Å². The lowest BCUT2D eigenvalue weighted by molar-refractivity contribution is 0.357. The maximum absolute atomic E-state index is 3.80. The number of thiophene rings is 1. The number of aryl methyl sites for hydroxylation is 1. The van der Waals surface area contributed by atoms with Crippen LogP contribution in [0.25, 0.3) is 0 Å². The number of rotatable bonds is 4. The first-order valence-electron chi connectivity index (χ1n) is 6.85. The second-order valence-corrected chi connectivity index (χ2v) is 7.35. The van der Waals surface area contributed by atoms with Crippen LogP contribution in [-0.2, 0) is 6.42 Å². The summed E-state index contributed by atoms with van der Waals surface area (Å²) in [5.41, 5.74) is 0.543. The molecule has 1 aliphatic carbocycles. The SMILES string of the molecule is CCc1ccc(C(C)NC2CCC(C)(C)C2)s1. The van der Waals surface area contributed by atoms with Crippen LogP contribution in [0.4, 0.5) is 0 Å². The summed E-state index contributed by atoms with van der Waals surface area (Å²) in [5.74, 6) is 0. The van der Waals surface area contributed by atoms with Gasteiger partial charge in [-0.05, 0) is 50.2 Å². The summed E-state index contributed by atoms with van der Waals surface area (Å²) in [5, 5.41) is 3.80. The van der Waals surface area contributed by atoms with E-state index in [1.807, 2.05) is 11.3 Å². The topological polar surface area (TPSA) is 12.0 Å². The van der Waals surface area contributed by atoms with Gasteiger partial charge in [0, 0.05) is 21.8 Å². The quantitative estimate of drug-likeness (QED) is 0.828. The van der Waals surface area contributed by atoms with E-state index in [9.17, 15) is 0 Å². The normalized spacial score (nSPS) is 25.1. The molecule has 2 unspecified atom stereocenters. The molecule has 17 heavy (non-hydrogen) atoms. The van der Waals surface area contributed by atoms with Crippen molar-refractivity contribution in [3.8, 4) is 0 Å². The van der Waals surface area contributed by atoms with Crippen molar-refractivity contribution in [1.29, 1.82) is 0 Å². The molecule has 1 aromatic rings. The minimum atomic E-state index is 0.513. The van der Waals surface area contributed by atoms with Gasteiger partial charge >= 0.3 is 0 Å². The monoisotopic (exact) mass is 251 g/mol. The van der Waals surface area contributed by atoms with E-state index in [1.54, 1.807) is 0 Å². The molecule has 0 aromatic carbocycles. The number of hydrogen-bond acceptors (Lipinski definition) is 2. The molecule has 2 rings (SSSR count). The molecule has 0 saturated heterocycles. The molecular weight excluding hydrogens is 226 g/mol. The molecular formula is C15H25NS. The lowest BCUT2D eigenvalue weighted by Crippen LogP contribution is -2.29. The molecule has 2 heteroatoms. The van der Waals surface area contributed by atoms with E-state index in [0.717, 1.165) is 6.42 Å². The third-order valence-electron chi connectivity index (χ3n) is 3.91. The van der Waals surface area contributed by atoms with E-state index in [0.29, 0.717) is 17.5 Å². The predicted octanol–water partition coefficient (Wildman–Crippen LogP) is 4.54. The average Bonchev–Trinajstić information content (AvgIpc) is 2.85. The Labute approximate surface area is 110 Å². The highest BCUT2D eigenvalue weighted by atomic mass is 32.1. The summed E-state index contributed by atoms with van der Waals surface area (Å²) in [6.07, 6.45) is 5.18. The fraction of sp³-hybridized carbons (Fsp3) is 0.733. The maximum atomic E-state index is 3.80. The Morgan fingerprint density at radius 1 is 1.47 bits per heavy atom. The van der Waals surface area contributed by atoms with Crippen LogP contribution >= 0.6 is 11.3 Å². The molecule has 1 nitrogen and oxygen atoms in total. The summed E-state index contributed by atoms with van der Waals surface area (Å²) in [7, 11) is 0. The van der Waals surface area contributed by atoms with Gasteiger partial charge in [-0.2, -0.15) is 0 Å². The van der Waals surface area contributed by atoms with Gasteiger partial charge in [-0.25, -0.2) is 0 Å². The molecule has 0 aliphatic heterocycles. The second kappa shape index (κ2) is 5.11. The van der Waals surface area contributed by atoms with E-state index in [1.165, 1.54) is 29.0 Å². The van der Waals surface area contributed by atoms with Crippen LogP contribution in [0.15, 0.2) is 12.1 Å². The Kier molecular flexibility index (Phi) is 3.94. The van der Waals surface area contributed by atoms with Crippen molar-refractivity contribution in [1.82, 2.24) is 5.32 Å². The predicted molar refractivity (Wildman–Crippen MR) is 76.7 cm³/mol. The third kappa shape index (κ3) is 3.32. The van der Waals surface area contributed by atoms with Crippen LogP contribution in [0.2, 0.25) is 0 Å². The molecule has 0 bridgehead atoms. The van der Waals surface area contributed by atoms with E-state index in [2.05, 4.69) is 45.1 Å². The van der Waals surface area contributed by atoms with Crippen molar-refractivity contribution in [2.45, 2.75) is 65.5 Å². The highest BCUT2D eigenvalue weighted by Crippen LogP contribution is 2.38. The van der Waals surface area contributed by atoms with Gasteiger partial charge in [0.1, 0.15) is 0 Å². The van der Waals surface area contributed by atoms with Gasteiger partial charge in [-0.15, -0.1) is 11.3 Å². The zero-order valence-corrected chi connectivity index (χ0v) is 12.4. The van der Waals surface area contributed by atoms with Gasteiger partial charge in [0.15, 0.2) is 0 Å². The zero-order chi connectivity index (χ0) is 12.5. The molecule has 0 spiro atoms. The fourth-order valence-electron chi connectivity index (χ4n) is 2.83. The minimum Gasteiger partial charge on any atom is -0.307 e. The smallest absolute Gasteiger partial charge is 0.0388 e. The fourth-order valence-corrected chi connectivity index (χ4v) is 3.80. The van der Waals surface area contributed by atoms with Crippen molar-refractivity contribution >= 4 is 11.3 Å². The Bertz CT molecular complexity index is 367. The standard InChI is InChI=1S/C15H25NS/c1-5-13-6-7-14(17-13)11(2)16-12-8-9-15(3,4)10-12/h6-7,11-12,16H,5,8-10H2,1-4H3. The van der Waals surface area contributed by atoms with Gasteiger partial charge in [0.05, 0.1) is 0 Å². The molecule has 1 aliphatic rings. The largest absolute Gasteiger partial charge is 0.307 e. The second-order valence-electron chi connectivity index (χ2n) is 6.15. The summed E-state index contributed by atoms with van der Waals surface area (Å²) >= 11 is 1.96. The summed E-state index contributed by atoms with van der Waals surface area (Å²) in [6, 6.07) is 5.80. The Morgan fingerprint density at radius 2 is 2.24 bits per heavy atom. The molecule has 1 heterocycles. The van der Waals surface area contributed by atoms with Crippen LogP contribution in [0.3, 0.4) is 0 Å². The van der Waals surface area contributed by atoms with E-state index in [-0.39, 0.29) is 0 Å². The maximum Gasteiger partial charge on any atom is 0.0388 e. The van der Waals surface area contributed by atoms with Gasteiger partial charge in [0.25, 0.3) is 0 Å². The van der Waals surface area contributed by atoms with Gasteiger partial charge in [-0.1, -0.05) is 20.8 Å². The van der Waals surface area contributed by atoms with Gasteiger partial charge in [-0.3, -0.25) is 0 Å². The van der Waals surface area contributed by atoms with E-state index < -0.39 is 0 Å². The van der Waals surface area contributed by atoms with Crippen LogP contribution in [0.1, 0.15) is 62.8 Å². The lowest BCUT2D eigenvalue weighted by atomic mass is 9.92. The molecule has 2 atom stereocenters. The van der Waals surface area contributed by atoms with Crippen molar-refractivity contribution in [2.24, 2.45) is 5.41 Å². The van der Waals surface area contributed by atoms with Gasteiger partial charge in [0.2, 0.25) is 0 Å². The van der Waals surface area contributed by atoms with Crippen LogP contribution in [0, 0.1) is 5.41 Å². The first kappa shape index (κ1) is 13.1. The Balaban J connectivity index is 1.91. The zero-order valence-electron chi connectivity index (χ0n) is 11.5. The minimum absolute atomic E-state index is 0.513. The Morgan fingerprint density at radius 3 is 2.76 bits per heavy atom.